The van der Waals surface area contributed by atoms with Gasteiger partial charge in [-0.1, -0.05) is 0 Å². The molecule has 0 bridgehead atoms. The largest absolute Gasteiger partial charge is 0.366 e. The van der Waals surface area contributed by atoms with Crippen LogP contribution in [0.25, 0.3) is 11.0 Å². The van der Waals surface area contributed by atoms with E-state index < -0.39 is 5.91 Å². The molecule has 12 heavy (non-hydrogen) atoms. The molecule has 0 atom stereocenters. The van der Waals surface area contributed by atoms with Crippen molar-refractivity contribution in [2.24, 2.45) is 5.73 Å². The molecule has 1 aromatic heterocycles. The van der Waals surface area contributed by atoms with Crippen LogP contribution < -0.4 is 5.73 Å². The quantitative estimate of drug-likeness (QED) is 0.636. The van der Waals surface area contributed by atoms with E-state index in [9.17, 15) is 4.79 Å². The summed E-state index contributed by atoms with van der Waals surface area (Å²) in [6, 6.07) is 5.03. The van der Waals surface area contributed by atoms with Crippen LogP contribution in [0.1, 0.15) is 10.4 Å². The molecular weight excluding hydrogens is 154 g/mol. The Morgan fingerprint density at radius 1 is 1.58 bits per heavy atom. The first-order valence-corrected chi connectivity index (χ1v) is 3.43. The molecule has 2 rings (SSSR count). The minimum absolute atomic E-state index is 0.445. The maximum absolute atomic E-state index is 10.7. The molecular formula is C8H6N3O. The summed E-state index contributed by atoms with van der Waals surface area (Å²) in [4.78, 5) is 17.4. The molecule has 0 aliphatic carbocycles. The van der Waals surface area contributed by atoms with E-state index in [0.29, 0.717) is 11.1 Å². The summed E-state index contributed by atoms with van der Waals surface area (Å²) in [5, 5.41) is 0. The average Bonchev–Trinajstić information content (AvgIpc) is 2.49. The van der Waals surface area contributed by atoms with Crippen LogP contribution >= 0.6 is 0 Å². The number of carbonyl (C=O) groups is 1. The molecule has 4 heteroatoms. The van der Waals surface area contributed by atoms with Crippen molar-refractivity contribution < 1.29 is 4.79 Å². The molecule has 4 nitrogen and oxygen atoms in total. The molecule has 1 heterocycles. The average molecular weight is 160 g/mol. The minimum Gasteiger partial charge on any atom is -0.366 e. The number of imidazole rings is 1. The molecule has 0 saturated carbocycles. The summed E-state index contributed by atoms with van der Waals surface area (Å²) >= 11 is 0. The fraction of sp³-hybridized carbons (Fsp3) is 0. The van der Waals surface area contributed by atoms with E-state index in [1.54, 1.807) is 18.2 Å². The monoisotopic (exact) mass is 160 g/mol. The molecule has 0 spiro atoms. The third-order valence-electron chi connectivity index (χ3n) is 1.65. The minimum atomic E-state index is -0.445. The van der Waals surface area contributed by atoms with Crippen LogP contribution in [0.2, 0.25) is 0 Å². The number of amides is 1. The van der Waals surface area contributed by atoms with Crippen molar-refractivity contribution in [3.8, 4) is 0 Å². The van der Waals surface area contributed by atoms with Crippen LogP contribution in [0.3, 0.4) is 0 Å². The van der Waals surface area contributed by atoms with Gasteiger partial charge in [-0.3, -0.25) is 4.79 Å². The highest BCUT2D eigenvalue weighted by Crippen LogP contribution is 2.10. The van der Waals surface area contributed by atoms with Crippen molar-refractivity contribution in [2.75, 3.05) is 0 Å². The topological polar surface area (TPSA) is 71.8 Å². The zero-order valence-electron chi connectivity index (χ0n) is 6.16. The number of rotatable bonds is 1. The summed E-state index contributed by atoms with van der Waals surface area (Å²) in [5.41, 5.74) is 7.10. The molecule has 0 aliphatic rings. The molecule has 0 unspecified atom stereocenters. The van der Waals surface area contributed by atoms with E-state index in [-0.39, 0.29) is 0 Å². The van der Waals surface area contributed by atoms with Crippen LogP contribution in [-0.2, 0) is 0 Å². The molecule has 2 aromatic rings. The fourth-order valence-electron chi connectivity index (χ4n) is 1.03. The Balaban J connectivity index is 2.68. The lowest BCUT2D eigenvalue weighted by atomic mass is 10.2. The van der Waals surface area contributed by atoms with Crippen molar-refractivity contribution in [1.82, 2.24) is 9.97 Å². The fourth-order valence-corrected chi connectivity index (χ4v) is 1.03. The number of aromatic amines is 1. The number of nitrogens with zero attached hydrogens (tertiary/aromatic N) is 1. The van der Waals surface area contributed by atoms with Gasteiger partial charge in [-0.2, -0.15) is 0 Å². The Kier molecular flexibility index (Phi) is 1.33. The Morgan fingerprint density at radius 3 is 3.17 bits per heavy atom. The molecule has 59 valence electrons. The number of H-pyrrole nitrogens is 1. The lowest BCUT2D eigenvalue weighted by Crippen LogP contribution is -2.10. The van der Waals surface area contributed by atoms with Gasteiger partial charge in [-0.15, -0.1) is 0 Å². The first-order chi connectivity index (χ1) is 5.77. The Bertz CT molecular complexity index is 433. The van der Waals surface area contributed by atoms with Gasteiger partial charge >= 0.3 is 0 Å². The van der Waals surface area contributed by atoms with Crippen molar-refractivity contribution in [3.63, 3.8) is 0 Å². The number of carbonyl (C=O) groups excluding carboxylic acids is 1. The number of nitrogens with one attached hydrogen (secondary N) is 1. The molecule has 1 aromatic carbocycles. The molecule has 1 radical (unpaired) electrons. The Labute approximate surface area is 68.4 Å². The van der Waals surface area contributed by atoms with Crippen molar-refractivity contribution in [3.05, 3.63) is 30.1 Å². The van der Waals surface area contributed by atoms with Gasteiger partial charge in [0.15, 0.2) is 6.33 Å². The SMILES string of the molecule is NC(=O)c1ccc2[nH][c]nc2c1. The summed E-state index contributed by atoms with van der Waals surface area (Å²) in [6.07, 6.45) is 2.58. The Hall–Kier alpha value is -1.84. The van der Waals surface area contributed by atoms with E-state index in [1.165, 1.54) is 0 Å². The van der Waals surface area contributed by atoms with Gasteiger partial charge in [0.05, 0.1) is 11.0 Å². The van der Waals surface area contributed by atoms with Crippen LogP contribution in [0.4, 0.5) is 0 Å². The summed E-state index contributed by atoms with van der Waals surface area (Å²) in [5.74, 6) is -0.445. The number of fused-ring (bicyclic) bond motifs is 1. The maximum atomic E-state index is 10.7. The van der Waals surface area contributed by atoms with E-state index in [1.807, 2.05) is 0 Å². The van der Waals surface area contributed by atoms with Gasteiger partial charge in [0, 0.05) is 5.56 Å². The molecule has 0 aliphatic heterocycles. The lowest BCUT2D eigenvalue weighted by Gasteiger charge is -1.93. The van der Waals surface area contributed by atoms with Crippen LogP contribution in [0, 0.1) is 6.33 Å². The van der Waals surface area contributed by atoms with Gasteiger partial charge < -0.3 is 10.7 Å². The van der Waals surface area contributed by atoms with Gasteiger partial charge in [-0.05, 0) is 18.2 Å². The highest BCUT2D eigenvalue weighted by molar-refractivity contribution is 5.96. The number of primary amides is 1. The standard InChI is InChI=1S/C8H6N3O/c9-8(12)5-1-2-6-7(3-5)11-4-10-6/h1-3H,(H2,9,12)(H,10,11). The second kappa shape index (κ2) is 2.34. The third kappa shape index (κ3) is 0.934. The van der Waals surface area contributed by atoms with Crippen molar-refractivity contribution in [1.29, 1.82) is 0 Å². The van der Waals surface area contributed by atoms with E-state index in [0.717, 1.165) is 5.52 Å². The summed E-state index contributed by atoms with van der Waals surface area (Å²) in [7, 11) is 0. The van der Waals surface area contributed by atoms with Crippen LogP contribution in [0.5, 0.6) is 0 Å². The van der Waals surface area contributed by atoms with Crippen molar-refractivity contribution in [2.45, 2.75) is 0 Å². The van der Waals surface area contributed by atoms with Gasteiger partial charge in [0.25, 0.3) is 0 Å². The second-order valence-electron chi connectivity index (χ2n) is 2.44. The molecule has 3 N–H and O–H groups in total. The first-order valence-electron chi connectivity index (χ1n) is 3.43. The second-order valence-corrected chi connectivity index (χ2v) is 2.44. The highest BCUT2D eigenvalue weighted by Gasteiger charge is 2.02. The predicted octanol–water partition coefficient (Wildman–Crippen LogP) is 0.462. The third-order valence-corrected chi connectivity index (χ3v) is 1.65. The van der Waals surface area contributed by atoms with Gasteiger partial charge in [-0.25, -0.2) is 4.98 Å². The molecule has 0 fully saturated rings. The van der Waals surface area contributed by atoms with Crippen LogP contribution in [0.15, 0.2) is 18.2 Å². The predicted molar refractivity (Wildman–Crippen MR) is 43.4 cm³/mol. The van der Waals surface area contributed by atoms with Gasteiger partial charge in [0.2, 0.25) is 5.91 Å². The van der Waals surface area contributed by atoms with Gasteiger partial charge in [0.1, 0.15) is 0 Å². The highest BCUT2D eigenvalue weighted by atomic mass is 16.1. The molecule has 0 saturated heterocycles. The number of hydrogen-bond acceptors (Lipinski definition) is 2. The zero-order valence-corrected chi connectivity index (χ0v) is 6.16. The van der Waals surface area contributed by atoms with E-state index >= 15 is 0 Å². The maximum Gasteiger partial charge on any atom is 0.248 e. The summed E-state index contributed by atoms with van der Waals surface area (Å²) in [6.45, 7) is 0. The lowest BCUT2D eigenvalue weighted by molar-refractivity contribution is 0.100. The number of aromatic nitrogens is 2. The summed E-state index contributed by atoms with van der Waals surface area (Å²) < 4.78 is 0. The van der Waals surface area contributed by atoms with Crippen molar-refractivity contribution >= 4 is 16.9 Å². The number of benzene rings is 1. The van der Waals surface area contributed by atoms with E-state index in [4.69, 9.17) is 5.73 Å². The smallest absolute Gasteiger partial charge is 0.248 e. The normalized spacial score (nSPS) is 10.3. The number of hydrogen-bond donors (Lipinski definition) is 2. The zero-order chi connectivity index (χ0) is 8.55. The van der Waals surface area contributed by atoms with Crippen LogP contribution in [-0.4, -0.2) is 15.9 Å². The molecule has 1 amide bonds. The Morgan fingerprint density at radius 2 is 2.42 bits per heavy atom. The van der Waals surface area contributed by atoms with E-state index in [2.05, 4.69) is 16.3 Å². The number of nitrogens with two attached hydrogens (primary N) is 1. The first kappa shape index (κ1) is 6.84.